The van der Waals surface area contributed by atoms with E-state index >= 15 is 0 Å². The molecule has 0 unspecified atom stereocenters. The van der Waals surface area contributed by atoms with Gasteiger partial charge in [0.05, 0.1) is 0 Å². The number of hydrogen-bond acceptors (Lipinski definition) is 2. The van der Waals surface area contributed by atoms with E-state index in [1.54, 1.807) is 0 Å². The van der Waals surface area contributed by atoms with E-state index in [4.69, 9.17) is 4.42 Å². The Bertz CT molecular complexity index is 2870. The predicted octanol–water partition coefficient (Wildman–Crippen LogP) is 13.8. The van der Waals surface area contributed by atoms with Crippen LogP contribution in [0.25, 0.3) is 76.5 Å². The van der Waals surface area contributed by atoms with Crippen LogP contribution in [0.2, 0.25) is 0 Å². The molecule has 1 aromatic heterocycles. The summed E-state index contributed by atoms with van der Waals surface area (Å²) in [6.07, 6.45) is 0. The molecule has 0 saturated carbocycles. The van der Waals surface area contributed by atoms with Crippen molar-refractivity contribution >= 4 is 71.3 Å². The molecule has 1 heterocycles. The molecule has 0 aliphatic rings. The molecular weight excluding hydrogens is 607 g/mol. The standard InChI is InChI=1S/C48H31NO/c1-2-10-32(11-3-1)33-20-25-37(26-21-33)49(39-27-22-35-24-28-42-40-15-5-4-12-34(40)23-29-43(42)45(35)31-39)38-14-8-13-36(30-38)41-17-9-19-47-48(41)44-16-6-7-18-46(44)50-47/h1-31H. The van der Waals surface area contributed by atoms with Crippen molar-refractivity contribution in [3.8, 4) is 22.3 Å². The molecule has 0 aliphatic heterocycles. The SMILES string of the molecule is c1ccc(-c2ccc(N(c3cccc(-c4cccc5oc6ccccc6c45)c3)c3ccc4ccc5c6ccccc6ccc5c4c3)cc2)cc1. The van der Waals surface area contributed by atoms with Gasteiger partial charge in [0, 0.05) is 27.8 Å². The largest absolute Gasteiger partial charge is 0.456 e. The summed E-state index contributed by atoms with van der Waals surface area (Å²) in [5, 5.41) is 9.80. The fraction of sp³-hybridized carbons (Fsp3) is 0. The van der Waals surface area contributed by atoms with Crippen molar-refractivity contribution in [2.75, 3.05) is 4.90 Å². The van der Waals surface area contributed by atoms with Crippen LogP contribution in [0, 0.1) is 0 Å². The van der Waals surface area contributed by atoms with E-state index in [1.165, 1.54) is 43.4 Å². The van der Waals surface area contributed by atoms with E-state index in [-0.39, 0.29) is 0 Å². The minimum Gasteiger partial charge on any atom is -0.456 e. The van der Waals surface area contributed by atoms with E-state index in [0.29, 0.717) is 0 Å². The maximum Gasteiger partial charge on any atom is 0.136 e. The van der Waals surface area contributed by atoms with E-state index in [2.05, 4.69) is 181 Å². The van der Waals surface area contributed by atoms with Gasteiger partial charge < -0.3 is 9.32 Å². The number of hydrogen-bond donors (Lipinski definition) is 0. The van der Waals surface area contributed by atoms with Gasteiger partial charge in [-0.1, -0.05) is 140 Å². The molecule has 0 bridgehead atoms. The highest BCUT2D eigenvalue weighted by atomic mass is 16.3. The Morgan fingerprint density at radius 1 is 0.320 bits per heavy atom. The zero-order chi connectivity index (χ0) is 33.0. The predicted molar refractivity (Wildman–Crippen MR) is 212 cm³/mol. The molecule has 10 rings (SSSR count). The third-order valence-electron chi connectivity index (χ3n) is 10.0. The monoisotopic (exact) mass is 637 g/mol. The van der Waals surface area contributed by atoms with Crippen molar-refractivity contribution in [1.82, 2.24) is 0 Å². The van der Waals surface area contributed by atoms with Gasteiger partial charge in [0.2, 0.25) is 0 Å². The van der Waals surface area contributed by atoms with Gasteiger partial charge in [-0.3, -0.25) is 0 Å². The minimum atomic E-state index is 0.899. The first-order valence-corrected chi connectivity index (χ1v) is 17.1. The Morgan fingerprint density at radius 3 is 1.78 bits per heavy atom. The second kappa shape index (κ2) is 11.5. The summed E-state index contributed by atoms with van der Waals surface area (Å²) >= 11 is 0. The molecule has 0 N–H and O–H groups in total. The second-order valence-electron chi connectivity index (χ2n) is 12.9. The van der Waals surface area contributed by atoms with Gasteiger partial charge in [-0.25, -0.2) is 0 Å². The number of fused-ring (bicyclic) bond motifs is 8. The molecule has 0 amide bonds. The van der Waals surface area contributed by atoms with Crippen molar-refractivity contribution in [1.29, 1.82) is 0 Å². The molecule has 0 spiro atoms. The topological polar surface area (TPSA) is 16.4 Å². The lowest BCUT2D eigenvalue weighted by molar-refractivity contribution is 0.669. The summed E-state index contributed by atoms with van der Waals surface area (Å²) in [5.74, 6) is 0. The average molecular weight is 638 g/mol. The molecule has 50 heavy (non-hydrogen) atoms. The van der Waals surface area contributed by atoms with Crippen LogP contribution in [0.4, 0.5) is 17.1 Å². The number of nitrogens with zero attached hydrogens (tertiary/aromatic N) is 1. The van der Waals surface area contributed by atoms with E-state index in [9.17, 15) is 0 Å². The Kier molecular flexibility index (Phi) is 6.53. The lowest BCUT2D eigenvalue weighted by Crippen LogP contribution is -2.10. The number of para-hydroxylation sites is 1. The highest BCUT2D eigenvalue weighted by molar-refractivity contribution is 6.18. The normalized spacial score (nSPS) is 11.6. The van der Waals surface area contributed by atoms with Crippen LogP contribution in [0.3, 0.4) is 0 Å². The van der Waals surface area contributed by atoms with Crippen LogP contribution < -0.4 is 4.90 Å². The van der Waals surface area contributed by atoms with E-state index in [0.717, 1.165) is 50.1 Å². The van der Waals surface area contributed by atoms with Crippen molar-refractivity contribution < 1.29 is 4.42 Å². The number of rotatable bonds is 5. The maximum absolute atomic E-state index is 6.27. The van der Waals surface area contributed by atoms with Crippen LogP contribution in [-0.4, -0.2) is 0 Å². The van der Waals surface area contributed by atoms with Crippen LogP contribution >= 0.6 is 0 Å². The summed E-state index contributed by atoms with van der Waals surface area (Å²) in [4.78, 5) is 2.38. The van der Waals surface area contributed by atoms with Gasteiger partial charge in [0.15, 0.2) is 0 Å². The fourth-order valence-corrected chi connectivity index (χ4v) is 7.65. The summed E-state index contributed by atoms with van der Waals surface area (Å²) in [7, 11) is 0. The van der Waals surface area contributed by atoms with Gasteiger partial charge in [-0.05, 0) is 103 Å². The van der Waals surface area contributed by atoms with Gasteiger partial charge in [-0.2, -0.15) is 0 Å². The van der Waals surface area contributed by atoms with Crippen LogP contribution in [-0.2, 0) is 0 Å². The molecule has 10 aromatic rings. The number of benzene rings is 9. The first kappa shape index (κ1) is 28.4. The van der Waals surface area contributed by atoms with Gasteiger partial charge in [0.1, 0.15) is 11.2 Å². The van der Waals surface area contributed by atoms with Crippen molar-refractivity contribution in [2.24, 2.45) is 0 Å². The molecule has 234 valence electrons. The number of anilines is 3. The molecule has 2 nitrogen and oxygen atoms in total. The third kappa shape index (κ3) is 4.65. The fourth-order valence-electron chi connectivity index (χ4n) is 7.65. The highest BCUT2D eigenvalue weighted by Crippen LogP contribution is 2.42. The quantitative estimate of drug-likeness (QED) is 0.175. The van der Waals surface area contributed by atoms with Gasteiger partial charge in [0.25, 0.3) is 0 Å². The van der Waals surface area contributed by atoms with Crippen molar-refractivity contribution in [2.45, 2.75) is 0 Å². The minimum absolute atomic E-state index is 0.899. The van der Waals surface area contributed by atoms with E-state index in [1.807, 2.05) is 12.1 Å². The second-order valence-corrected chi connectivity index (χ2v) is 12.9. The van der Waals surface area contributed by atoms with Crippen LogP contribution in [0.15, 0.2) is 192 Å². The van der Waals surface area contributed by atoms with Crippen LogP contribution in [0.1, 0.15) is 0 Å². The molecule has 0 atom stereocenters. The first-order valence-electron chi connectivity index (χ1n) is 17.1. The molecule has 0 saturated heterocycles. The summed E-state index contributed by atoms with van der Waals surface area (Å²) in [5.41, 5.74) is 9.79. The maximum atomic E-state index is 6.27. The summed E-state index contributed by atoms with van der Waals surface area (Å²) in [6.45, 7) is 0. The zero-order valence-electron chi connectivity index (χ0n) is 27.3. The molecule has 9 aromatic carbocycles. The Labute approximate surface area is 290 Å². The summed E-state index contributed by atoms with van der Waals surface area (Å²) in [6, 6.07) is 67.6. The summed E-state index contributed by atoms with van der Waals surface area (Å²) < 4.78 is 6.27. The first-order chi connectivity index (χ1) is 24.8. The van der Waals surface area contributed by atoms with Crippen LogP contribution in [0.5, 0.6) is 0 Å². The van der Waals surface area contributed by atoms with Gasteiger partial charge >= 0.3 is 0 Å². The molecule has 0 aliphatic carbocycles. The Balaban J connectivity index is 1.17. The highest BCUT2D eigenvalue weighted by Gasteiger charge is 2.17. The Hall–Kier alpha value is -6.64. The lowest BCUT2D eigenvalue weighted by Gasteiger charge is -2.27. The molecular formula is C48H31NO. The molecule has 0 radical (unpaired) electrons. The van der Waals surface area contributed by atoms with Crippen molar-refractivity contribution in [3.05, 3.63) is 188 Å². The Morgan fingerprint density at radius 2 is 0.920 bits per heavy atom. The smallest absolute Gasteiger partial charge is 0.136 e. The molecule has 0 fully saturated rings. The zero-order valence-corrected chi connectivity index (χ0v) is 27.3. The molecule has 2 heteroatoms. The van der Waals surface area contributed by atoms with Gasteiger partial charge in [-0.15, -0.1) is 0 Å². The lowest BCUT2D eigenvalue weighted by atomic mass is 9.96. The third-order valence-corrected chi connectivity index (χ3v) is 10.0. The van der Waals surface area contributed by atoms with Crippen molar-refractivity contribution in [3.63, 3.8) is 0 Å². The number of furan rings is 1. The average Bonchev–Trinajstić information content (AvgIpc) is 3.58. The van der Waals surface area contributed by atoms with E-state index < -0.39 is 0 Å².